The maximum atomic E-state index is 11.7. The van der Waals surface area contributed by atoms with Crippen LogP contribution in [-0.4, -0.2) is 22.5 Å². The van der Waals surface area contributed by atoms with Crippen molar-refractivity contribution >= 4 is 5.97 Å². The molecule has 0 saturated carbocycles. The molecule has 4 aromatic carbocycles. The summed E-state index contributed by atoms with van der Waals surface area (Å²) < 4.78 is 10.8. The van der Waals surface area contributed by atoms with Gasteiger partial charge in [-0.2, -0.15) is 0 Å². The molecule has 0 amide bonds. The number of hydrogen-bond donors (Lipinski definition) is 2. The molecule has 3 atom stereocenters. The zero-order valence-electron chi connectivity index (χ0n) is 20.7. The first-order chi connectivity index (χ1) is 18.0. The number of esters is 1. The smallest absolute Gasteiger partial charge is 0.312 e. The molecular formula is C32H30O5. The molecule has 2 aliphatic heterocycles. The molecule has 2 aliphatic rings. The van der Waals surface area contributed by atoms with E-state index in [4.69, 9.17) is 9.47 Å². The van der Waals surface area contributed by atoms with Crippen molar-refractivity contribution in [2.24, 2.45) is 0 Å². The minimum absolute atomic E-state index is 0.0113. The highest BCUT2D eigenvalue weighted by Crippen LogP contribution is 2.41. The van der Waals surface area contributed by atoms with Gasteiger partial charge >= 0.3 is 5.97 Å². The fourth-order valence-corrected chi connectivity index (χ4v) is 5.06. The van der Waals surface area contributed by atoms with E-state index in [0.29, 0.717) is 24.3 Å². The molecular weight excluding hydrogens is 464 g/mol. The summed E-state index contributed by atoms with van der Waals surface area (Å²) in [5, 5.41) is 19.1. The zero-order chi connectivity index (χ0) is 25.8. The quantitative estimate of drug-likeness (QED) is 0.276. The maximum Gasteiger partial charge on any atom is 0.312 e. The molecule has 0 fully saturated rings. The van der Waals surface area contributed by atoms with Gasteiger partial charge in [-0.25, -0.2) is 0 Å². The molecule has 5 heteroatoms. The Morgan fingerprint density at radius 1 is 0.784 bits per heavy atom. The summed E-state index contributed by atoms with van der Waals surface area (Å²) >= 11 is 0. The predicted octanol–water partition coefficient (Wildman–Crippen LogP) is 5.85. The van der Waals surface area contributed by atoms with Crippen molar-refractivity contribution in [3.8, 4) is 11.5 Å². The normalized spacial score (nSPS) is 19.9. The summed E-state index contributed by atoms with van der Waals surface area (Å²) in [5.74, 6) is 1.46. The maximum absolute atomic E-state index is 11.7. The first-order valence-corrected chi connectivity index (χ1v) is 12.5. The van der Waals surface area contributed by atoms with Gasteiger partial charge in [0.2, 0.25) is 0 Å². The number of ether oxygens (including phenoxy) is 2. The second-order valence-corrected chi connectivity index (χ2v) is 9.48. The summed E-state index contributed by atoms with van der Waals surface area (Å²) in [6, 6.07) is 31.8. The largest absolute Gasteiger partial charge is 0.465 e. The molecule has 2 N–H and O–H groups in total. The van der Waals surface area contributed by atoms with E-state index in [9.17, 15) is 15.0 Å². The van der Waals surface area contributed by atoms with Crippen LogP contribution in [0.4, 0.5) is 0 Å². The Morgan fingerprint density at radius 3 is 2.08 bits per heavy atom. The van der Waals surface area contributed by atoms with Crippen LogP contribution in [0.5, 0.6) is 11.5 Å². The zero-order valence-corrected chi connectivity index (χ0v) is 20.7. The van der Waals surface area contributed by atoms with Gasteiger partial charge < -0.3 is 19.7 Å². The fraction of sp³-hybridized carbons (Fsp3) is 0.219. The number of carbonyl (C=O) groups is 1. The van der Waals surface area contributed by atoms with Crippen molar-refractivity contribution < 1.29 is 24.5 Å². The first-order valence-electron chi connectivity index (χ1n) is 12.5. The number of hydrogen-bond acceptors (Lipinski definition) is 5. The number of aryl methyl sites for hydroxylation is 1. The third kappa shape index (κ3) is 5.58. The van der Waals surface area contributed by atoms with Gasteiger partial charge in [0.05, 0.1) is 13.0 Å². The van der Waals surface area contributed by atoms with Gasteiger partial charge in [0.1, 0.15) is 11.5 Å². The summed E-state index contributed by atoms with van der Waals surface area (Å²) in [5.41, 5.74) is 6.51. The third-order valence-corrected chi connectivity index (χ3v) is 6.87. The van der Waals surface area contributed by atoms with E-state index in [1.165, 1.54) is 11.1 Å². The first kappa shape index (κ1) is 24.8. The molecule has 2 heterocycles. The average molecular weight is 495 g/mol. The fourth-order valence-electron chi connectivity index (χ4n) is 5.06. The van der Waals surface area contributed by atoms with Crippen LogP contribution in [-0.2, 0) is 11.4 Å². The number of rotatable bonds is 3. The molecule has 37 heavy (non-hydrogen) atoms. The monoisotopic (exact) mass is 494 g/mol. The van der Waals surface area contributed by atoms with Crippen molar-refractivity contribution in [3.05, 3.63) is 130 Å². The Hall–Kier alpha value is -3.93. The van der Waals surface area contributed by atoms with Crippen LogP contribution < -0.4 is 9.47 Å². The number of benzene rings is 4. The van der Waals surface area contributed by atoms with Crippen molar-refractivity contribution in [1.82, 2.24) is 0 Å². The van der Waals surface area contributed by atoms with E-state index < -0.39 is 6.29 Å². The third-order valence-electron chi connectivity index (χ3n) is 6.87. The molecule has 6 rings (SSSR count). The van der Waals surface area contributed by atoms with Crippen LogP contribution >= 0.6 is 0 Å². The van der Waals surface area contributed by atoms with E-state index in [-0.39, 0.29) is 24.4 Å². The van der Waals surface area contributed by atoms with E-state index in [0.717, 1.165) is 22.3 Å². The second kappa shape index (κ2) is 11.0. The molecule has 0 radical (unpaired) electrons. The van der Waals surface area contributed by atoms with Gasteiger partial charge in [-0.3, -0.25) is 4.79 Å². The lowest BCUT2D eigenvalue weighted by Gasteiger charge is -2.30. The lowest BCUT2D eigenvalue weighted by atomic mass is 9.85. The predicted molar refractivity (Wildman–Crippen MR) is 142 cm³/mol. The summed E-state index contributed by atoms with van der Waals surface area (Å²) in [7, 11) is 0. The standard InChI is InChI=1S/C16H16O3.C16H14O2/c17-10-11-6-7-15-14(8-11)13(9-16(18)19-15)12-4-2-1-3-5-12;1-11-7-8-15-14(9-11)13(10-16(17)18-15)12-5-3-2-4-6-12/h1-8,13,16-18H,9-10H2;2-9,13H,10H2,1H3/t13-,16?;13-/m11/s1. The Morgan fingerprint density at radius 2 is 1.41 bits per heavy atom. The molecule has 188 valence electrons. The van der Waals surface area contributed by atoms with Gasteiger partial charge in [-0.05, 0) is 41.8 Å². The van der Waals surface area contributed by atoms with Crippen LogP contribution in [0.15, 0.2) is 97.1 Å². The van der Waals surface area contributed by atoms with Gasteiger partial charge in [0, 0.05) is 29.4 Å². The number of aliphatic hydroxyl groups excluding tert-OH is 2. The Bertz CT molecular complexity index is 1370. The Balaban J connectivity index is 0.000000152. The molecule has 1 unspecified atom stereocenters. The highest BCUT2D eigenvalue weighted by atomic mass is 16.6. The van der Waals surface area contributed by atoms with Crippen LogP contribution in [0.25, 0.3) is 0 Å². The second-order valence-electron chi connectivity index (χ2n) is 9.48. The number of aliphatic hydroxyl groups is 2. The molecule has 4 aromatic rings. The Labute approximate surface area is 216 Å². The van der Waals surface area contributed by atoms with E-state index in [1.54, 1.807) is 0 Å². The van der Waals surface area contributed by atoms with Gasteiger partial charge in [0.15, 0.2) is 6.29 Å². The topological polar surface area (TPSA) is 76.0 Å². The van der Waals surface area contributed by atoms with Crippen molar-refractivity contribution in [2.45, 2.75) is 44.5 Å². The lowest BCUT2D eigenvalue weighted by Crippen LogP contribution is -2.25. The highest BCUT2D eigenvalue weighted by molar-refractivity contribution is 5.77. The summed E-state index contributed by atoms with van der Waals surface area (Å²) in [4.78, 5) is 11.7. The van der Waals surface area contributed by atoms with Crippen LogP contribution in [0.2, 0.25) is 0 Å². The van der Waals surface area contributed by atoms with Gasteiger partial charge in [0.25, 0.3) is 0 Å². The Kier molecular flexibility index (Phi) is 7.35. The van der Waals surface area contributed by atoms with Gasteiger partial charge in [-0.1, -0.05) is 84.4 Å². The van der Waals surface area contributed by atoms with E-state index in [1.807, 2.05) is 66.7 Å². The highest BCUT2D eigenvalue weighted by Gasteiger charge is 2.29. The van der Waals surface area contributed by atoms with Crippen molar-refractivity contribution in [3.63, 3.8) is 0 Å². The van der Waals surface area contributed by atoms with Crippen molar-refractivity contribution in [2.75, 3.05) is 0 Å². The lowest BCUT2D eigenvalue weighted by molar-refractivity contribution is -0.135. The minimum atomic E-state index is -0.780. The van der Waals surface area contributed by atoms with Crippen molar-refractivity contribution in [1.29, 1.82) is 0 Å². The summed E-state index contributed by atoms with van der Waals surface area (Å²) in [6.45, 7) is 2.07. The van der Waals surface area contributed by atoms with Crippen LogP contribution in [0.3, 0.4) is 0 Å². The minimum Gasteiger partial charge on any atom is -0.465 e. The number of carbonyl (C=O) groups excluding carboxylic acids is 1. The molecule has 0 aliphatic carbocycles. The molecule has 0 saturated heterocycles. The van der Waals surface area contributed by atoms with E-state index in [2.05, 4.69) is 37.3 Å². The van der Waals surface area contributed by atoms with Crippen LogP contribution in [0.1, 0.15) is 58.1 Å². The molecule has 0 spiro atoms. The average Bonchev–Trinajstić information content (AvgIpc) is 2.93. The SMILES string of the molecule is Cc1ccc2c(c1)[C@@H](c1ccccc1)CC(=O)O2.OCc1ccc2c(c1)[C@@H](c1ccccc1)CC(O)O2. The van der Waals surface area contributed by atoms with Crippen LogP contribution in [0, 0.1) is 6.92 Å². The molecule has 0 aromatic heterocycles. The molecule has 5 nitrogen and oxygen atoms in total. The van der Waals surface area contributed by atoms with E-state index >= 15 is 0 Å². The van der Waals surface area contributed by atoms with Gasteiger partial charge in [-0.15, -0.1) is 0 Å². The summed E-state index contributed by atoms with van der Waals surface area (Å²) in [6.07, 6.45) is 0.171. The number of fused-ring (bicyclic) bond motifs is 2. The molecule has 0 bridgehead atoms.